The number of hydrogen-bond donors (Lipinski definition) is 1. The van der Waals surface area contributed by atoms with E-state index in [1.807, 2.05) is 6.92 Å². The van der Waals surface area contributed by atoms with Crippen LogP contribution < -0.4 is 5.32 Å². The Labute approximate surface area is 91.0 Å². The molecule has 0 spiro atoms. The van der Waals surface area contributed by atoms with Crippen LogP contribution in [0.25, 0.3) is 0 Å². The largest absolute Gasteiger partial charge is 0.319 e. The average Bonchev–Trinajstić information content (AvgIpc) is 2.16. The number of rotatable bonds is 4. The van der Waals surface area contributed by atoms with Crippen LogP contribution in [0.15, 0.2) is 0 Å². The van der Waals surface area contributed by atoms with E-state index >= 15 is 0 Å². The van der Waals surface area contributed by atoms with Crippen LogP contribution in [-0.4, -0.2) is 35.9 Å². The fraction of sp³-hybridized carbons (Fsp3) is 1.00. The molecule has 0 aliphatic carbocycles. The summed E-state index contributed by atoms with van der Waals surface area (Å²) in [5, 5.41) is 2.76. The molecule has 1 N–H and O–H groups in total. The molecule has 15 heavy (non-hydrogen) atoms. The molecule has 0 aromatic carbocycles. The van der Waals surface area contributed by atoms with Gasteiger partial charge in [0.2, 0.25) is 0 Å². The molecule has 1 aliphatic rings. The van der Waals surface area contributed by atoms with Crippen LogP contribution in [0.2, 0.25) is 0 Å². The lowest BCUT2D eigenvalue weighted by molar-refractivity contribution is -0.126. The molecule has 2 unspecified atom stereocenters. The highest BCUT2D eigenvalue weighted by Gasteiger charge is 2.41. The molecule has 0 aromatic rings. The minimum Gasteiger partial charge on any atom is -0.307 e. The van der Waals surface area contributed by atoms with Crippen molar-refractivity contribution >= 4 is 11.8 Å². The molecule has 0 radical (unpaired) electrons. The Bertz CT molecular complexity index is 201. The molecule has 90 valence electrons. The summed E-state index contributed by atoms with van der Waals surface area (Å²) in [6.07, 6.45) is -1.85. The van der Waals surface area contributed by atoms with Gasteiger partial charge in [-0.2, -0.15) is 20.5 Å². The quantitative estimate of drug-likeness (QED) is 0.764. The fourth-order valence-electron chi connectivity index (χ4n) is 1.54. The van der Waals surface area contributed by atoms with E-state index in [-0.39, 0.29) is 11.3 Å². The molecule has 0 aromatic heterocycles. The van der Waals surface area contributed by atoms with Crippen molar-refractivity contribution in [1.29, 1.82) is 0 Å². The summed E-state index contributed by atoms with van der Waals surface area (Å²) in [5.41, 5.74) is 0. The first kappa shape index (κ1) is 13.1. The van der Waals surface area contributed by atoms with E-state index in [2.05, 4.69) is 5.32 Å². The molecule has 2 atom stereocenters. The molecule has 0 bridgehead atoms. The van der Waals surface area contributed by atoms with Gasteiger partial charge in [-0.25, -0.2) is 8.78 Å². The van der Waals surface area contributed by atoms with E-state index in [9.17, 15) is 17.6 Å². The summed E-state index contributed by atoms with van der Waals surface area (Å²) < 4.78 is 49.0. The van der Waals surface area contributed by atoms with Crippen LogP contribution in [0.5, 0.6) is 0 Å². The summed E-state index contributed by atoms with van der Waals surface area (Å²) >= 11 is 1.69. The van der Waals surface area contributed by atoms with Crippen LogP contribution in [0, 0.1) is 0 Å². The van der Waals surface area contributed by atoms with E-state index < -0.39 is 18.9 Å². The summed E-state index contributed by atoms with van der Waals surface area (Å²) in [5.74, 6) is -2.90. The highest BCUT2D eigenvalue weighted by molar-refractivity contribution is 7.99. The Balaban J connectivity index is 2.35. The van der Waals surface area contributed by atoms with Crippen molar-refractivity contribution in [2.75, 3.05) is 12.3 Å². The zero-order valence-corrected chi connectivity index (χ0v) is 9.30. The minimum absolute atomic E-state index is 0.0756. The van der Waals surface area contributed by atoms with Gasteiger partial charge >= 0.3 is 12.3 Å². The second kappa shape index (κ2) is 5.39. The summed E-state index contributed by atoms with van der Waals surface area (Å²) in [6.45, 7) is 1.00. The molecular weight excluding hydrogens is 230 g/mol. The highest BCUT2D eigenvalue weighted by atomic mass is 32.2. The number of thioether (sulfide) groups is 1. The predicted molar refractivity (Wildman–Crippen MR) is 53.9 cm³/mol. The normalized spacial score (nSPS) is 28.4. The molecule has 1 nitrogen and oxygen atoms in total. The Kier molecular flexibility index (Phi) is 4.70. The third-order valence-electron chi connectivity index (χ3n) is 2.53. The van der Waals surface area contributed by atoms with E-state index in [4.69, 9.17) is 0 Å². The van der Waals surface area contributed by atoms with Crippen LogP contribution in [0.4, 0.5) is 17.6 Å². The third-order valence-corrected chi connectivity index (χ3v) is 3.90. The maximum absolute atomic E-state index is 12.6. The van der Waals surface area contributed by atoms with Gasteiger partial charge in [0.25, 0.3) is 0 Å². The topological polar surface area (TPSA) is 12.0 Å². The van der Waals surface area contributed by atoms with Gasteiger partial charge in [-0.3, -0.25) is 0 Å². The van der Waals surface area contributed by atoms with Gasteiger partial charge in [0.1, 0.15) is 0 Å². The number of halogens is 4. The maximum Gasteiger partial charge on any atom is 0.319 e. The highest BCUT2D eigenvalue weighted by Crippen LogP contribution is 2.27. The van der Waals surface area contributed by atoms with Crippen molar-refractivity contribution in [3.63, 3.8) is 0 Å². The Morgan fingerprint density at radius 3 is 2.67 bits per heavy atom. The van der Waals surface area contributed by atoms with Crippen LogP contribution in [-0.2, 0) is 0 Å². The monoisotopic (exact) mass is 245 g/mol. The zero-order valence-electron chi connectivity index (χ0n) is 8.48. The summed E-state index contributed by atoms with van der Waals surface area (Å²) in [4.78, 5) is 0. The minimum atomic E-state index is -3.91. The Morgan fingerprint density at radius 2 is 2.13 bits per heavy atom. The standard InChI is InChI=1S/C9H15F4NS/c1-6-7(3-2-4-15-6)14-5-9(12,13)8(10)11/h6-8,14H,2-5H2,1H3. The SMILES string of the molecule is CC1SCCCC1NCC(F)(F)C(F)F. The second-order valence-electron chi connectivity index (χ2n) is 3.77. The Hall–Kier alpha value is 0.0300. The lowest BCUT2D eigenvalue weighted by atomic mass is 10.1. The van der Waals surface area contributed by atoms with Gasteiger partial charge in [0, 0.05) is 11.3 Å². The Morgan fingerprint density at radius 1 is 1.47 bits per heavy atom. The molecule has 1 saturated heterocycles. The van der Waals surface area contributed by atoms with Crippen molar-refractivity contribution in [2.45, 2.75) is 43.4 Å². The molecular formula is C9H15F4NS. The van der Waals surface area contributed by atoms with E-state index in [0.717, 1.165) is 18.6 Å². The molecule has 1 heterocycles. The zero-order chi connectivity index (χ0) is 11.5. The fourth-order valence-corrected chi connectivity index (χ4v) is 2.71. The third kappa shape index (κ3) is 3.83. The van der Waals surface area contributed by atoms with E-state index in [1.54, 1.807) is 11.8 Å². The van der Waals surface area contributed by atoms with E-state index in [1.165, 1.54) is 0 Å². The number of hydrogen-bond acceptors (Lipinski definition) is 2. The van der Waals surface area contributed by atoms with Crippen LogP contribution in [0.3, 0.4) is 0 Å². The molecule has 1 aliphatic heterocycles. The number of nitrogens with one attached hydrogen (secondary N) is 1. The first-order chi connectivity index (χ1) is 6.93. The van der Waals surface area contributed by atoms with Crippen molar-refractivity contribution in [3.8, 4) is 0 Å². The smallest absolute Gasteiger partial charge is 0.307 e. The van der Waals surface area contributed by atoms with Crippen molar-refractivity contribution in [1.82, 2.24) is 5.32 Å². The molecule has 1 rings (SSSR count). The lowest BCUT2D eigenvalue weighted by Gasteiger charge is -2.30. The van der Waals surface area contributed by atoms with Crippen LogP contribution >= 0.6 is 11.8 Å². The summed E-state index contributed by atoms with van der Waals surface area (Å²) in [6, 6.07) is -0.0756. The lowest BCUT2D eigenvalue weighted by Crippen LogP contribution is -2.47. The van der Waals surface area contributed by atoms with Crippen LogP contribution in [0.1, 0.15) is 19.8 Å². The first-order valence-corrected chi connectivity index (χ1v) is 5.99. The molecule has 0 amide bonds. The molecule has 1 fully saturated rings. The van der Waals surface area contributed by atoms with E-state index in [0.29, 0.717) is 0 Å². The first-order valence-electron chi connectivity index (χ1n) is 4.94. The van der Waals surface area contributed by atoms with Gasteiger partial charge in [0.05, 0.1) is 6.54 Å². The van der Waals surface area contributed by atoms with Gasteiger partial charge in [-0.05, 0) is 18.6 Å². The van der Waals surface area contributed by atoms with Crippen molar-refractivity contribution in [2.24, 2.45) is 0 Å². The number of alkyl halides is 4. The molecule has 0 saturated carbocycles. The average molecular weight is 245 g/mol. The molecule has 6 heteroatoms. The van der Waals surface area contributed by atoms with Gasteiger partial charge in [0.15, 0.2) is 0 Å². The van der Waals surface area contributed by atoms with Crippen molar-refractivity contribution in [3.05, 3.63) is 0 Å². The summed E-state index contributed by atoms with van der Waals surface area (Å²) in [7, 11) is 0. The second-order valence-corrected chi connectivity index (χ2v) is 5.25. The van der Waals surface area contributed by atoms with Crippen molar-refractivity contribution < 1.29 is 17.6 Å². The predicted octanol–water partition coefficient (Wildman–Crippen LogP) is 2.76. The maximum atomic E-state index is 12.6. The van der Waals surface area contributed by atoms with Gasteiger partial charge in [-0.1, -0.05) is 6.92 Å². The van der Waals surface area contributed by atoms with Gasteiger partial charge in [-0.15, -0.1) is 0 Å². The van der Waals surface area contributed by atoms with Gasteiger partial charge < -0.3 is 5.32 Å².